The molecular weight excluding hydrogens is 252 g/mol. The fourth-order valence-corrected chi connectivity index (χ4v) is 3.21. The average molecular weight is 282 g/mol. The standard InChI is InChI=1S/C17H30O3/c1-12(14-8-9-16(2,3)10-14)20-17(4,5)11-19-15(18)13-6-7-13/h12-14H,6-11H2,1-5H3. The molecule has 0 aromatic heterocycles. The third-order valence-corrected chi connectivity index (χ3v) is 4.65. The van der Waals surface area contributed by atoms with E-state index in [0.29, 0.717) is 17.9 Å². The van der Waals surface area contributed by atoms with Gasteiger partial charge in [-0.3, -0.25) is 4.79 Å². The van der Waals surface area contributed by atoms with Crippen LogP contribution in [0.5, 0.6) is 0 Å². The third-order valence-electron chi connectivity index (χ3n) is 4.65. The van der Waals surface area contributed by atoms with Gasteiger partial charge in [-0.1, -0.05) is 13.8 Å². The smallest absolute Gasteiger partial charge is 0.309 e. The molecule has 0 spiro atoms. The van der Waals surface area contributed by atoms with Gasteiger partial charge >= 0.3 is 5.97 Å². The van der Waals surface area contributed by atoms with E-state index in [1.807, 2.05) is 13.8 Å². The summed E-state index contributed by atoms with van der Waals surface area (Å²) in [5.74, 6) is 0.749. The van der Waals surface area contributed by atoms with E-state index >= 15 is 0 Å². The molecule has 0 heterocycles. The summed E-state index contributed by atoms with van der Waals surface area (Å²) in [7, 11) is 0. The average Bonchev–Trinajstić information content (AvgIpc) is 3.10. The highest BCUT2D eigenvalue weighted by Crippen LogP contribution is 2.43. The minimum absolute atomic E-state index is 0.0451. The molecule has 0 bridgehead atoms. The SMILES string of the molecule is CC(OC(C)(C)COC(=O)C1CC1)C1CCC(C)(C)C1. The van der Waals surface area contributed by atoms with Crippen LogP contribution in [0.2, 0.25) is 0 Å². The quantitative estimate of drug-likeness (QED) is 0.692. The van der Waals surface area contributed by atoms with Crippen LogP contribution >= 0.6 is 0 Å². The Kier molecular flexibility index (Phi) is 4.48. The molecular formula is C17H30O3. The molecule has 2 aliphatic carbocycles. The van der Waals surface area contributed by atoms with Crippen LogP contribution in [0.15, 0.2) is 0 Å². The van der Waals surface area contributed by atoms with Crippen LogP contribution in [0.4, 0.5) is 0 Å². The molecule has 2 atom stereocenters. The zero-order chi connectivity index (χ0) is 15.0. The van der Waals surface area contributed by atoms with Crippen LogP contribution in [0, 0.1) is 17.3 Å². The Morgan fingerprint density at radius 3 is 2.45 bits per heavy atom. The van der Waals surface area contributed by atoms with Gasteiger partial charge in [-0.05, 0) is 64.2 Å². The van der Waals surface area contributed by atoms with Crippen LogP contribution in [0.3, 0.4) is 0 Å². The second-order valence-electron chi connectivity index (χ2n) is 8.13. The van der Waals surface area contributed by atoms with Gasteiger partial charge in [-0.25, -0.2) is 0 Å². The van der Waals surface area contributed by atoms with Crippen LogP contribution in [0.25, 0.3) is 0 Å². The van der Waals surface area contributed by atoms with Gasteiger partial charge in [-0.2, -0.15) is 0 Å². The molecule has 0 aliphatic heterocycles. The zero-order valence-corrected chi connectivity index (χ0v) is 13.7. The van der Waals surface area contributed by atoms with E-state index in [0.717, 1.165) is 12.8 Å². The maximum atomic E-state index is 11.6. The molecule has 2 rings (SSSR count). The summed E-state index contributed by atoms with van der Waals surface area (Å²) in [5, 5.41) is 0. The van der Waals surface area contributed by atoms with Crippen molar-refractivity contribution in [2.75, 3.05) is 6.61 Å². The minimum Gasteiger partial charge on any atom is -0.462 e. The lowest BCUT2D eigenvalue weighted by atomic mass is 9.89. The summed E-state index contributed by atoms with van der Waals surface area (Å²) in [4.78, 5) is 11.6. The molecule has 3 nitrogen and oxygen atoms in total. The summed E-state index contributed by atoms with van der Waals surface area (Å²) in [6.45, 7) is 11.2. The van der Waals surface area contributed by atoms with Gasteiger partial charge < -0.3 is 9.47 Å². The van der Waals surface area contributed by atoms with E-state index in [1.165, 1.54) is 19.3 Å². The van der Waals surface area contributed by atoms with Crippen molar-refractivity contribution >= 4 is 5.97 Å². The lowest BCUT2D eigenvalue weighted by Crippen LogP contribution is -2.37. The Bertz CT molecular complexity index is 355. The van der Waals surface area contributed by atoms with Gasteiger partial charge in [0.25, 0.3) is 0 Å². The van der Waals surface area contributed by atoms with E-state index in [1.54, 1.807) is 0 Å². The summed E-state index contributed by atoms with van der Waals surface area (Å²) in [6.07, 6.45) is 5.97. The van der Waals surface area contributed by atoms with Crippen LogP contribution in [-0.2, 0) is 14.3 Å². The van der Waals surface area contributed by atoms with Gasteiger partial charge in [-0.15, -0.1) is 0 Å². The topological polar surface area (TPSA) is 35.5 Å². The predicted octanol–water partition coefficient (Wildman–Crippen LogP) is 3.95. The largest absolute Gasteiger partial charge is 0.462 e. The fraction of sp³-hybridized carbons (Fsp3) is 0.941. The van der Waals surface area contributed by atoms with Crippen molar-refractivity contribution < 1.29 is 14.3 Å². The van der Waals surface area contributed by atoms with Gasteiger partial charge in [0.1, 0.15) is 6.61 Å². The molecule has 0 amide bonds. The first-order valence-corrected chi connectivity index (χ1v) is 8.03. The molecule has 2 saturated carbocycles. The number of hydrogen-bond acceptors (Lipinski definition) is 3. The van der Waals surface area contributed by atoms with Crippen LogP contribution < -0.4 is 0 Å². The number of esters is 1. The number of carbonyl (C=O) groups is 1. The Labute approximate surface area is 123 Å². The number of carbonyl (C=O) groups excluding carboxylic acids is 1. The molecule has 116 valence electrons. The highest BCUT2D eigenvalue weighted by molar-refractivity contribution is 5.74. The minimum atomic E-state index is -0.392. The molecule has 20 heavy (non-hydrogen) atoms. The van der Waals surface area contributed by atoms with Crippen molar-refractivity contribution in [1.29, 1.82) is 0 Å². The number of rotatable bonds is 6. The van der Waals surface area contributed by atoms with Crippen molar-refractivity contribution in [1.82, 2.24) is 0 Å². The maximum absolute atomic E-state index is 11.6. The van der Waals surface area contributed by atoms with Crippen molar-refractivity contribution in [3.63, 3.8) is 0 Å². The molecule has 0 saturated heterocycles. The molecule has 2 unspecified atom stereocenters. The van der Waals surface area contributed by atoms with Crippen molar-refractivity contribution in [2.45, 2.75) is 78.4 Å². The second kappa shape index (κ2) is 5.67. The summed E-state index contributed by atoms with van der Waals surface area (Å²) >= 11 is 0. The van der Waals surface area contributed by atoms with Gasteiger partial charge in [0, 0.05) is 0 Å². The fourth-order valence-electron chi connectivity index (χ4n) is 3.21. The van der Waals surface area contributed by atoms with Crippen LogP contribution in [0.1, 0.15) is 66.7 Å². The Morgan fingerprint density at radius 2 is 1.95 bits per heavy atom. The summed E-state index contributed by atoms with van der Waals surface area (Å²) in [5.41, 5.74) is 0.0571. The zero-order valence-electron chi connectivity index (χ0n) is 13.7. The van der Waals surface area contributed by atoms with Crippen molar-refractivity contribution in [2.24, 2.45) is 17.3 Å². The lowest BCUT2D eigenvalue weighted by molar-refractivity contribution is -0.161. The molecule has 0 aromatic carbocycles. The van der Waals surface area contributed by atoms with E-state index in [-0.39, 0.29) is 18.0 Å². The highest BCUT2D eigenvalue weighted by atomic mass is 16.6. The lowest BCUT2D eigenvalue weighted by Gasteiger charge is -2.32. The van der Waals surface area contributed by atoms with Crippen molar-refractivity contribution in [3.8, 4) is 0 Å². The van der Waals surface area contributed by atoms with E-state index in [2.05, 4.69) is 20.8 Å². The first kappa shape index (κ1) is 15.8. The molecule has 0 aromatic rings. The monoisotopic (exact) mass is 282 g/mol. The highest BCUT2D eigenvalue weighted by Gasteiger charge is 2.37. The molecule has 0 radical (unpaired) electrons. The Hall–Kier alpha value is -0.570. The molecule has 2 aliphatic rings. The Balaban J connectivity index is 1.76. The first-order chi connectivity index (χ1) is 9.19. The number of hydrogen-bond donors (Lipinski definition) is 0. The van der Waals surface area contributed by atoms with E-state index < -0.39 is 5.60 Å². The maximum Gasteiger partial charge on any atom is 0.309 e. The molecule has 3 heteroatoms. The molecule has 0 N–H and O–H groups in total. The van der Waals surface area contributed by atoms with Crippen LogP contribution in [-0.4, -0.2) is 24.3 Å². The Morgan fingerprint density at radius 1 is 1.30 bits per heavy atom. The van der Waals surface area contributed by atoms with Gasteiger partial charge in [0.15, 0.2) is 0 Å². The normalized spacial score (nSPS) is 27.4. The third kappa shape index (κ3) is 4.47. The molecule has 2 fully saturated rings. The summed E-state index contributed by atoms with van der Waals surface area (Å²) < 4.78 is 11.6. The first-order valence-electron chi connectivity index (χ1n) is 8.03. The number of ether oxygens (including phenoxy) is 2. The van der Waals surface area contributed by atoms with Crippen molar-refractivity contribution in [3.05, 3.63) is 0 Å². The van der Waals surface area contributed by atoms with Gasteiger partial charge in [0.05, 0.1) is 17.6 Å². The van der Waals surface area contributed by atoms with Gasteiger partial charge in [0.2, 0.25) is 0 Å². The predicted molar refractivity (Wildman–Crippen MR) is 79.4 cm³/mol. The second-order valence-corrected chi connectivity index (χ2v) is 8.13. The summed E-state index contributed by atoms with van der Waals surface area (Å²) in [6, 6.07) is 0. The van der Waals surface area contributed by atoms with E-state index in [9.17, 15) is 4.79 Å². The van der Waals surface area contributed by atoms with E-state index in [4.69, 9.17) is 9.47 Å².